The van der Waals surface area contributed by atoms with Crippen LogP contribution in [0.25, 0.3) is 0 Å². The van der Waals surface area contributed by atoms with Gasteiger partial charge in [-0.2, -0.15) is 0 Å². The first-order valence-electron chi connectivity index (χ1n) is 9.64. The SMILES string of the molecule is COc1ccc(CN=C(N)NC2CCCCC2)cc1OC1CCCC1.I. The third kappa shape index (κ3) is 6.21. The van der Waals surface area contributed by atoms with Crippen LogP contribution in [-0.2, 0) is 6.54 Å². The summed E-state index contributed by atoms with van der Waals surface area (Å²) in [5.74, 6) is 2.15. The summed E-state index contributed by atoms with van der Waals surface area (Å²) >= 11 is 0. The van der Waals surface area contributed by atoms with Gasteiger partial charge in [-0.1, -0.05) is 25.3 Å². The van der Waals surface area contributed by atoms with Gasteiger partial charge < -0.3 is 20.5 Å². The molecule has 5 nitrogen and oxygen atoms in total. The lowest BCUT2D eigenvalue weighted by Gasteiger charge is -2.23. The van der Waals surface area contributed by atoms with E-state index in [1.165, 1.54) is 44.9 Å². The Labute approximate surface area is 174 Å². The molecule has 0 unspecified atom stereocenters. The average Bonchev–Trinajstić information content (AvgIpc) is 3.14. The molecule has 2 saturated carbocycles. The van der Waals surface area contributed by atoms with Gasteiger partial charge in [-0.05, 0) is 56.2 Å². The minimum Gasteiger partial charge on any atom is -0.493 e. The first-order chi connectivity index (χ1) is 12.2. The number of aliphatic imine (C=N–C) groups is 1. The number of rotatable bonds is 6. The molecule has 3 N–H and O–H groups in total. The fourth-order valence-corrected chi connectivity index (χ4v) is 3.78. The molecule has 0 spiro atoms. The molecule has 0 radical (unpaired) electrons. The number of ether oxygens (including phenoxy) is 2. The predicted octanol–water partition coefficient (Wildman–Crippen LogP) is 4.37. The summed E-state index contributed by atoms with van der Waals surface area (Å²) in [6.45, 7) is 0.552. The molecular weight excluding hydrogens is 441 g/mol. The van der Waals surface area contributed by atoms with Crippen LogP contribution >= 0.6 is 24.0 Å². The number of nitrogens with one attached hydrogen (secondary N) is 1. The fraction of sp³-hybridized carbons (Fsp3) is 0.650. The van der Waals surface area contributed by atoms with Gasteiger partial charge in [-0.3, -0.25) is 0 Å². The molecule has 0 aromatic heterocycles. The van der Waals surface area contributed by atoms with Crippen LogP contribution in [0.1, 0.15) is 63.4 Å². The molecule has 0 bridgehead atoms. The van der Waals surface area contributed by atoms with Gasteiger partial charge in [-0.15, -0.1) is 24.0 Å². The maximum absolute atomic E-state index is 6.15. The number of hydrogen-bond donors (Lipinski definition) is 2. The van der Waals surface area contributed by atoms with E-state index in [4.69, 9.17) is 15.2 Å². The Bertz CT molecular complexity index is 582. The number of halogens is 1. The number of hydrogen-bond acceptors (Lipinski definition) is 3. The van der Waals surface area contributed by atoms with Crippen molar-refractivity contribution in [3.63, 3.8) is 0 Å². The number of nitrogens with zero attached hydrogens (tertiary/aromatic N) is 1. The third-order valence-corrected chi connectivity index (χ3v) is 5.21. The van der Waals surface area contributed by atoms with Crippen molar-refractivity contribution in [2.75, 3.05) is 7.11 Å². The zero-order chi connectivity index (χ0) is 17.5. The van der Waals surface area contributed by atoms with Crippen LogP contribution in [0.15, 0.2) is 23.2 Å². The second-order valence-corrected chi connectivity index (χ2v) is 7.19. The van der Waals surface area contributed by atoms with E-state index in [1.807, 2.05) is 18.2 Å². The average molecular weight is 473 g/mol. The van der Waals surface area contributed by atoms with Gasteiger partial charge in [0.05, 0.1) is 19.8 Å². The molecule has 3 rings (SSSR count). The summed E-state index contributed by atoms with van der Waals surface area (Å²) in [5.41, 5.74) is 7.15. The molecule has 0 atom stereocenters. The summed E-state index contributed by atoms with van der Waals surface area (Å²) in [7, 11) is 1.68. The third-order valence-electron chi connectivity index (χ3n) is 5.21. The van der Waals surface area contributed by atoms with Crippen LogP contribution in [0.5, 0.6) is 11.5 Å². The molecule has 0 aliphatic heterocycles. The highest BCUT2D eigenvalue weighted by atomic mass is 127. The largest absolute Gasteiger partial charge is 0.493 e. The Morgan fingerprint density at radius 1 is 1.08 bits per heavy atom. The summed E-state index contributed by atoms with van der Waals surface area (Å²) in [6, 6.07) is 6.50. The lowest BCUT2D eigenvalue weighted by atomic mass is 9.96. The van der Waals surface area contributed by atoms with E-state index in [-0.39, 0.29) is 24.0 Å². The molecule has 2 aliphatic rings. The molecule has 1 aromatic carbocycles. The van der Waals surface area contributed by atoms with Crippen molar-refractivity contribution in [3.05, 3.63) is 23.8 Å². The monoisotopic (exact) mass is 473 g/mol. The first kappa shape index (κ1) is 21.1. The molecule has 0 heterocycles. The summed E-state index contributed by atoms with van der Waals surface area (Å²) < 4.78 is 11.6. The molecule has 0 amide bonds. The Morgan fingerprint density at radius 2 is 1.77 bits per heavy atom. The first-order valence-corrected chi connectivity index (χ1v) is 9.64. The minimum atomic E-state index is 0. The van der Waals surface area contributed by atoms with Crippen molar-refractivity contribution in [3.8, 4) is 11.5 Å². The smallest absolute Gasteiger partial charge is 0.189 e. The zero-order valence-corrected chi connectivity index (χ0v) is 18.0. The van der Waals surface area contributed by atoms with Crippen molar-refractivity contribution in [2.45, 2.75) is 76.5 Å². The zero-order valence-electron chi connectivity index (χ0n) is 15.7. The van der Waals surface area contributed by atoms with Crippen LogP contribution in [0.2, 0.25) is 0 Å². The Balaban J connectivity index is 0.00000243. The summed E-state index contributed by atoms with van der Waals surface area (Å²) in [6.07, 6.45) is 11.4. The summed E-state index contributed by atoms with van der Waals surface area (Å²) in [4.78, 5) is 4.50. The van der Waals surface area contributed by atoms with Gasteiger partial charge in [0, 0.05) is 6.04 Å². The maximum Gasteiger partial charge on any atom is 0.189 e. The summed E-state index contributed by atoms with van der Waals surface area (Å²) in [5, 5.41) is 3.36. The molecular formula is C20H32IN3O2. The highest BCUT2D eigenvalue weighted by Gasteiger charge is 2.18. The topological polar surface area (TPSA) is 68.9 Å². The van der Waals surface area contributed by atoms with Crippen molar-refractivity contribution in [1.82, 2.24) is 5.32 Å². The Morgan fingerprint density at radius 3 is 2.46 bits per heavy atom. The van der Waals surface area contributed by atoms with E-state index >= 15 is 0 Å². The van der Waals surface area contributed by atoms with Gasteiger partial charge in [0.1, 0.15) is 0 Å². The molecule has 146 valence electrons. The number of nitrogens with two attached hydrogens (primary N) is 1. The number of methoxy groups -OCH3 is 1. The van der Waals surface area contributed by atoms with E-state index in [9.17, 15) is 0 Å². The fourth-order valence-electron chi connectivity index (χ4n) is 3.78. The molecule has 1 aromatic rings. The lowest BCUT2D eigenvalue weighted by molar-refractivity contribution is 0.200. The highest BCUT2D eigenvalue weighted by Crippen LogP contribution is 2.32. The van der Waals surface area contributed by atoms with Crippen molar-refractivity contribution < 1.29 is 9.47 Å². The van der Waals surface area contributed by atoms with Crippen LogP contribution in [0, 0.1) is 0 Å². The van der Waals surface area contributed by atoms with Crippen LogP contribution in [0.3, 0.4) is 0 Å². The second kappa shape index (κ2) is 10.8. The molecule has 2 aliphatic carbocycles. The van der Waals surface area contributed by atoms with E-state index in [1.54, 1.807) is 7.11 Å². The normalized spacial score (nSPS) is 19.0. The standard InChI is InChI=1S/C20H31N3O2.HI/c1-24-18-12-11-15(13-19(18)25-17-9-5-6-10-17)14-22-20(21)23-16-7-3-2-4-8-16;/h11-13,16-17H,2-10,14H2,1H3,(H3,21,22,23);1H. The Kier molecular flexibility index (Phi) is 8.81. The van der Waals surface area contributed by atoms with Gasteiger partial charge >= 0.3 is 0 Å². The lowest BCUT2D eigenvalue weighted by Crippen LogP contribution is -2.41. The second-order valence-electron chi connectivity index (χ2n) is 7.19. The number of benzene rings is 1. The predicted molar refractivity (Wildman–Crippen MR) is 117 cm³/mol. The Hall–Kier alpha value is -1.18. The highest BCUT2D eigenvalue weighted by molar-refractivity contribution is 14.0. The van der Waals surface area contributed by atoms with Crippen LogP contribution in [0.4, 0.5) is 0 Å². The van der Waals surface area contributed by atoms with E-state index in [0.29, 0.717) is 24.7 Å². The number of guanidine groups is 1. The maximum atomic E-state index is 6.15. The van der Waals surface area contributed by atoms with Crippen LogP contribution in [-0.4, -0.2) is 25.2 Å². The van der Waals surface area contributed by atoms with Crippen molar-refractivity contribution >= 4 is 29.9 Å². The molecule has 6 heteroatoms. The molecule has 2 fully saturated rings. The molecule has 0 saturated heterocycles. The van der Waals surface area contributed by atoms with E-state index in [0.717, 1.165) is 29.9 Å². The quantitative estimate of drug-likeness (QED) is 0.366. The van der Waals surface area contributed by atoms with Crippen LogP contribution < -0.4 is 20.5 Å². The van der Waals surface area contributed by atoms with Gasteiger partial charge in [0.2, 0.25) is 0 Å². The van der Waals surface area contributed by atoms with Gasteiger partial charge in [0.15, 0.2) is 17.5 Å². The van der Waals surface area contributed by atoms with Gasteiger partial charge in [0.25, 0.3) is 0 Å². The van der Waals surface area contributed by atoms with Gasteiger partial charge in [-0.25, -0.2) is 4.99 Å². The van der Waals surface area contributed by atoms with E-state index < -0.39 is 0 Å². The van der Waals surface area contributed by atoms with E-state index in [2.05, 4.69) is 10.3 Å². The minimum absolute atomic E-state index is 0. The van der Waals surface area contributed by atoms with Crippen molar-refractivity contribution in [2.24, 2.45) is 10.7 Å². The molecule has 26 heavy (non-hydrogen) atoms. The van der Waals surface area contributed by atoms with Crippen molar-refractivity contribution in [1.29, 1.82) is 0 Å².